The van der Waals surface area contributed by atoms with E-state index in [9.17, 15) is 0 Å². The van der Waals surface area contributed by atoms with Gasteiger partial charge in [-0.25, -0.2) is 0 Å². The molecule has 11 aromatic carbocycles. The molecule has 13 rings (SSSR count). The zero-order valence-electron chi connectivity index (χ0n) is 40.0. The molecule has 73 heavy (non-hydrogen) atoms. The van der Waals surface area contributed by atoms with E-state index in [0.717, 1.165) is 67.0 Å². The molecule has 345 valence electrons. The third-order valence-corrected chi connectivity index (χ3v) is 15.1. The molecule has 2 aliphatic heterocycles. The summed E-state index contributed by atoms with van der Waals surface area (Å²) in [5, 5.41) is 0. The molecule has 0 saturated carbocycles. The van der Waals surface area contributed by atoms with Crippen LogP contribution in [-0.2, 0) is 0 Å². The average Bonchev–Trinajstić information content (AvgIpc) is 3.46. The summed E-state index contributed by atoms with van der Waals surface area (Å²) in [7, 11) is 0. The maximum atomic E-state index is 3.64. The fourth-order valence-electron chi connectivity index (χ4n) is 11.3. The Balaban J connectivity index is 1.05. The Bertz CT molecular complexity index is 3620. The van der Waals surface area contributed by atoms with Crippen LogP contribution in [0.5, 0.6) is 0 Å². The quantitative estimate of drug-likeness (QED) is 0.0945. The van der Waals surface area contributed by atoms with Gasteiger partial charge in [0.2, 0.25) is 0 Å². The van der Waals surface area contributed by atoms with Gasteiger partial charge in [0.1, 0.15) is 0 Å². The molecule has 0 spiro atoms. The van der Waals surface area contributed by atoms with Gasteiger partial charge in [-0.05, 0) is 0 Å². The number of anilines is 12. The molecule has 1 atom stereocenters. The van der Waals surface area contributed by atoms with E-state index >= 15 is 0 Å². The summed E-state index contributed by atoms with van der Waals surface area (Å²) in [6, 6.07) is 104. The normalized spacial score (nSPS) is 12.6. The topological polar surface area (TPSA) is 13.0 Å². The van der Waals surface area contributed by atoms with Crippen LogP contribution in [0, 0.1) is 0 Å². The molecular formula is C67H48BN4Se. The van der Waals surface area contributed by atoms with E-state index < -0.39 is 0 Å². The van der Waals surface area contributed by atoms with Gasteiger partial charge < -0.3 is 0 Å². The fraction of sp³-hybridized carbons (Fsp3) is 0.0149. The van der Waals surface area contributed by atoms with E-state index in [4.69, 9.17) is 0 Å². The van der Waals surface area contributed by atoms with E-state index in [1.807, 2.05) is 0 Å². The van der Waals surface area contributed by atoms with Gasteiger partial charge in [-0.2, -0.15) is 0 Å². The van der Waals surface area contributed by atoms with E-state index in [1.54, 1.807) is 0 Å². The number of hydrogen-bond donors (Lipinski definition) is 0. The number of fused-ring (bicyclic) bond motifs is 4. The van der Waals surface area contributed by atoms with E-state index in [1.165, 1.54) is 38.8 Å². The first-order valence-electron chi connectivity index (χ1n) is 25.0. The van der Waals surface area contributed by atoms with Crippen molar-refractivity contribution < 1.29 is 0 Å². The Morgan fingerprint density at radius 3 is 1.19 bits per heavy atom. The van der Waals surface area contributed by atoms with Crippen molar-refractivity contribution in [2.75, 3.05) is 19.6 Å². The van der Waals surface area contributed by atoms with Crippen LogP contribution in [0.4, 0.5) is 68.2 Å². The molecule has 6 heteroatoms. The number of benzene rings is 11. The molecule has 0 aliphatic carbocycles. The first kappa shape index (κ1) is 44.2. The van der Waals surface area contributed by atoms with Gasteiger partial charge >= 0.3 is 439 Å². The van der Waals surface area contributed by atoms with Crippen LogP contribution in [0.3, 0.4) is 0 Å². The zero-order valence-corrected chi connectivity index (χ0v) is 41.7. The molecule has 1 unspecified atom stereocenters. The third kappa shape index (κ3) is 7.98. The monoisotopic (exact) mass is 999 g/mol. The van der Waals surface area contributed by atoms with Crippen molar-refractivity contribution in [2.45, 2.75) is 5.92 Å². The molecule has 4 nitrogen and oxygen atoms in total. The molecule has 2 heterocycles. The maximum absolute atomic E-state index is 3.64. The van der Waals surface area contributed by atoms with Crippen LogP contribution in [0.2, 0.25) is 0 Å². The number of nitrogens with zero attached hydrogens (tertiary/aromatic N) is 4. The average molecular weight is 999 g/mol. The van der Waals surface area contributed by atoms with Gasteiger partial charge in [0.25, 0.3) is 0 Å². The summed E-state index contributed by atoms with van der Waals surface area (Å²) < 4.78 is 1.11. The van der Waals surface area contributed by atoms with Crippen molar-refractivity contribution in [1.29, 1.82) is 0 Å². The SMILES string of the molecule is [Se]c1cc2c(cc1C(c1ccccc1)c1ccc(N(c3ccccc3)c3ccccc3)cc1)B1c3ccccc3N(c3ccccc3)c3cc(N(c4ccccc4)c4ccccc4)cc(c31)N2c1ccccc1. The van der Waals surface area contributed by atoms with Gasteiger partial charge in [0, 0.05) is 0 Å². The van der Waals surface area contributed by atoms with Crippen molar-refractivity contribution in [1.82, 2.24) is 0 Å². The molecule has 0 bridgehead atoms. The van der Waals surface area contributed by atoms with Crippen molar-refractivity contribution >= 4 is 112 Å². The molecule has 0 fully saturated rings. The fourth-order valence-corrected chi connectivity index (χ4v) is 11.9. The second-order valence-corrected chi connectivity index (χ2v) is 19.6. The minimum atomic E-state index is -0.0875. The molecule has 2 aliphatic rings. The first-order chi connectivity index (χ1) is 36.2. The zero-order chi connectivity index (χ0) is 48.7. The number of rotatable bonds is 11. The second kappa shape index (κ2) is 19.1. The van der Waals surface area contributed by atoms with E-state index in [-0.39, 0.29) is 12.6 Å². The van der Waals surface area contributed by atoms with Crippen molar-refractivity contribution in [3.05, 3.63) is 302 Å². The summed E-state index contributed by atoms with van der Waals surface area (Å²) >= 11 is 3.64. The van der Waals surface area contributed by atoms with Crippen molar-refractivity contribution in [3.8, 4) is 0 Å². The summed E-state index contributed by atoms with van der Waals surface area (Å²) in [6.45, 7) is -0.0875. The van der Waals surface area contributed by atoms with Crippen LogP contribution < -0.4 is 40.4 Å². The first-order valence-corrected chi connectivity index (χ1v) is 25.8. The van der Waals surface area contributed by atoms with Gasteiger partial charge in [0.05, 0.1) is 0 Å². The van der Waals surface area contributed by atoms with Gasteiger partial charge in [-0.3, -0.25) is 0 Å². The van der Waals surface area contributed by atoms with Crippen LogP contribution in [0.25, 0.3) is 0 Å². The summed E-state index contributed by atoms with van der Waals surface area (Å²) in [4.78, 5) is 9.72. The predicted octanol–water partition coefficient (Wildman–Crippen LogP) is 14.7. The Kier molecular flexibility index (Phi) is 11.5. The Hall–Kier alpha value is -8.80. The Labute approximate surface area is 436 Å². The van der Waals surface area contributed by atoms with Crippen LogP contribution in [-0.4, -0.2) is 22.7 Å². The van der Waals surface area contributed by atoms with E-state index in [2.05, 4.69) is 321 Å². The molecule has 0 amide bonds. The second-order valence-electron chi connectivity index (χ2n) is 18.6. The standard InChI is InChI=1S/C67H48BN4Se/c73-65-47-62-60(46-58(65)66(48-24-8-1-9-25-48)49-40-42-56(43-41-49)69(50-26-10-2-11-27-50)51-28-12-3-13-29-51)68-59-38-22-23-39-61(59)71(54-34-18-6-19-35-54)63-44-57(45-64(67(63)68)72(62)55-36-20-7-21-37-55)70(52-30-14-4-15-31-52)53-32-16-5-17-33-53/h1-47,66H. The summed E-state index contributed by atoms with van der Waals surface area (Å²) in [5.74, 6) is -0.0722. The van der Waals surface area contributed by atoms with E-state index in [0.29, 0.717) is 0 Å². The third-order valence-electron chi connectivity index (χ3n) is 14.4. The molecule has 1 radical (unpaired) electrons. The molecular weight excluding hydrogens is 951 g/mol. The molecule has 11 aromatic rings. The van der Waals surface area contributed by atoms with Crippen LogP contribution >= 0.6 is 0 Å². The van der Waals surface area contributed by atoms with Gasteiger partial charge in [0.15, 0.2) is 0 Å². The predicted molar refractivity (Wildman–Crippen MR) is 309 cm³/mol. The Morgan fingerprint density at radius 2 is 0.699 bits per heavy atom. The Morgan fingerprint density at radius 1 is 0.315 bits per heavy atom. The molecule has 0 N–H and O–H groups in total. The number of para-hydroxylation sites is 7. The molecule has 0 saturated heterocycles. The van der Waals surface area contributed by atoms with Crippen LogP contribution in [0.1, 0.15) is 22.6 Å². The number of hydrogen-bond acceptors (Lipinski definition) is 4. The van der Waals surface area contributed by atoms with Gasteiger partial charge in [-0.15, -0.1) is 0 Å². The summed E-state index contributed by atoms with van der Waals surface area (Å²) in [5.41, 5.74) is 20.9. The summed E-state index contributed by atoms with van der Waals surface area (Å²) in [6.07, 6.45) is 0. The van der Waals surface area contributed by atoms with Crippen LogP contribution in [0.15, 0.2) is 285 Å². The van der Waals surface area contributed by atoms with Gasteiger partial charge in [-0.1, -0.05) is 0 Å². The van der Waals surface area contributed by atoms with Crippen molar-refractivity contribution in [2.24, 2.45) is 0 Å². The molecule has 0 aromatic heterocycles. The van der Waals surface area contributed by atoms with Crippen molar-refractivity contribution in [3.63, 3.8) is 0 Å². The minimum absolute atomic E-state index is 0.0722.